The molecule has 1 aromatic carbocycles. The Kier molecular flexibility index (Phi) is 3.97. The van der Waals surface area contributed by atoms with E-state index in [0.29, 0.717) is 19.0 Å². The van der Waals surface area contributed by atoms with Crippen LogP contribution in [0.2, 0.25) is 0 Å². The lowest BCUT2D eigenvalue weighted by atomic mass is 10.1. The van der Waals surface area contributed by atoms with Crippen LogP contribution in [0.1, 0.15) is 25.3 Å². The van der Waals surface area contributed by atoms with Crippen LogP contribution in [-0.4, -0.2) is 29.4 Å². The van der Waals surface area contributed by atoms with Gasteiger partial charge in [-0.3, -0.25) is 4.79 Å². The first kappa shape index (κ1) is 13.0. The van der Waals surface area contributed by atoms with Crippen LogP contribution in [0.25, 0.3) is 0 Å². The summed E-state index contributed by atoms with van der Waals surface area (Å²) in [7, 11) is 0. The molecule has 0 bridgehead atoms. The van der Waals surface area contributed by atoms with Gasteiger partial charge in [-0.25, -0.2) is 4.39 Å². The first-order valence-electron chi connectivity index (χ1n) is 6.38. The lowest BCUT2D eigenvalue weighted by molar-refractivity contribution is -0.132. The van der Waals surface area contributed by atoms with Crippen molar-refractivity contribution in [3.8, 4) is 0 Å². The third-order valence-corrected chi connectivity index (χ3v) is 3.19. The van der Waals surface area contributed by atoms with Crippen LogP contribution >= 0.6 is 0 Å². The standard InChI is InChI=1S/C14H19FN2O/c1-10(16)14(18)17(13-5-6-13)8-7-11-3-2-4-12(15)9-11/h2-4,9-10,13H,5-8,16H2,1H3/t10-/m1/s1. The van der Waals surface area contributed by atoms with Crippen molar-refractivity contribution in [1.29, 1.82) is 0 Å². The molecule has 2 N–H and O–H groups in total. The lowest BCUT2D eigenvalue weighted by Crippen LogP contribution is -2.44. The molecule has 0 aliphatic heterocycles. The number of nitrogens with two attached hydrogens (primary N) is 1. The molecular weight excluding hydrogens is 231 g/mol. The SMILES string of the molecule is C[C@@H](N)C(=O)N(CCc1cccc(F)c1)C1CC1. The van der Waals surface area contributed by atoms with Gasteiger partial charge in [0.2, 0.25) is 5.91 Å². The smallest absolute Gasteiger partial charge is 0.239 e. The molecule has 0 heterocycles. The van der Waals surface area contributed by atoms with Gasteiger partial charge in [-0.2, -0.15) is 0 Å². The Hall–Kier alpha value is -1.42. The zero-order chi connectivity index (χ0) is 13.1. The van der Waals surface area contributed by atoms with Crippen molar-refractivity contribution in [2.45, 2.75) is 38.3 Å². The zero-order valence-corrected chi connectivity index (χ0v) is 10.6. The van der Waals surface area contributed by atoms with Crippen LogP contribution in [0.15, 0.2) is 24.3 Å². The first-order chi connectivity index (χ1) is 8.58. The van der Waals surface area contributed by atoms with Crippen LogP contribution in [-0.2, 0) is 11.2 Å². The minimum atomic E-state index is -0.460. The quantitative estimate of drug-likeness (QED) is 0.864. The molecule has 1 aliphatic carbocycles. The van der Waals surface area contributed by atoms with Gasteiger partial charge in [0.25, 0.3) is 0 Å². The molecular formula is C14H19FN2O. The molecule has 1 atom stereocenters. The van der Waals surface area contributed by atoms with Gasteiger partial charge < -0.3 is 10.6 Å². The third-order valence-electron chi connectivity index (χ3n) is 3.19. The summed E-state index contributed by atoms with van der Waals surface area (Å²) < 4.78 is 13.0. The molecule has 3 nitrogen and oxygen atoms in total. The number of halogens is 1. The second-order valence-electron chi connectivity index (χ2n) is 4.93. The Balaban J connectivity index is 1.96. The summed E-state index contributed by atoms with van der Waals surface area (Å²) in [6.07, 6.45) is 2.79. The number of hydrogen-bond acceptors (Lipinski definition) is 2. The van der Waals surface area contributed by atoms with E-state index in [4.69, 9.17) is 5.73 Å². The van der Waals surface area contributed by atoms with E-state index in [-0.39, 0.29) is 11.7 Å². The minimum Gasteiger partial charge on any atom is -0.338 e. The Bertz CT molecular complexity index is 430. The Morgan fingerprint density at radius 3 is 2.83 bits per heavy atom. The molecule has 1 aliphatic rings. The van der Waals surface area contributed by atoms with Crippen molar-refractivity contribution in [2.24, 2.45) is 5.73 Å². The lowest BCUT2D eigenvalue weighted by Gasteiger charge is -2.24. The molecule has 0 unspecified atom stereocenters. The van der Waals surface area contributed by atoms with E-state index in [0.717, 1.165) is 18.4 Å². The Morgan fingerprint density at radius 2 is 2.28 bits per heavy atom. The molecule has 2 rings (SSSR count). The number of benzene rings is 1. The normalized spacial score (nSPS) is 16.4. The fourth-order valence-corrected chi connectivity index (χ4v) is 2.06. The highest BCUT2D eigenvalue weighted by molar-refractivity contribution is 5.81. The number of nitrogens with zero attached hydrogens (tertiary/aromatic N) is 1. The van der Waals surface area contributed by atoms with Crippen LogP contribution in [0.3, 0.4) is 0 Å². The van der Waals surface area contributed by atoms with Gasteiger partial charge in [0, 0.05) is 12.6 Å². The average molecular weight is 250 g/mol. The predicted octanol–water partition coefficient (Wildman–Crippen LogP) is 1.71. The fraction of sp³-hybridized carbons (Fsp3) is 0.500. The highest BCUT2D eigenvalue weighted by atomic mass is 19.1. The van der Waals surface area contributed by atoms with Crippen molar-refractivity contribution in [1.82, 2.24) is 4.90 Å². The van der Waals surface area contributed by atoms with E-state index in [2.05, 4.69) is 0 Å². The van der Waals surface area contributed by atoms with Gasteiger partial charge in [-0.05, 0) is 43.9 Å². The van der Waals surface area contributed by atoms with Crippen molar-refractivity contribution in [3.05, 3.63) is 35.6 Å². The maximum Gasteiger partial charge on any atom is 0.239 e. The monoisotopic (exact) mass is 250 g/mol. The van der Waals surface area contributed by atoms with E-state index in [1.165, 1.54) is 12.1 Å². The maximum atomic E-state index is 13.0. The molecule has 1 aromatic rings. The second kappa shape index (κ2) is 5.48. The van der Waals surface area contributed by atoms with Gasteiger partial charge in [0.1, 0.15) is 5.82 Å². The number of amides is 1. The number of carbonyl (C=O) groups excluding carboxylic acids is 1. The summed E-state index contributed by atoms with van der Waals surface area (Å²) in [4.78, 5) is 13.8. The molecule has 0 aromatic heterocycles. The second-order valence-corrected chi connectivity index (χ2v) is 4.93. The molecule has 1 fully saturated rings. The highest BCUT2D eigenvalue weighted by Gasteiger charge is 2.33. The largest absolute Gasteiger partial charge is 0.338 e. The van der Waals surface area contributed by atoms with E-state index < -0.39 is 6.04 Å². The molecule has 18 heavy (non-hydrogen) atoms. The van der Waals surface area contributed by atoms with E-state index >= 15 is 0 Å². The van der Waals surface area contributed by atoms with Crippen LogP contribution in [0, 0.1) is 5.82 Å². The molecule has 0 saturated heterocycles. The maximum absolute atomic E-state index is 13.0. The molecule has 0 spiro atoms. The Morgan fingerprint density at radius 1 is 1.56 bits per heavy atom. The minimum absolute atomic E-state index is 0.00565. The van der Waals surface area contributed by atoms with Crippen molar-refractivity contribution in [2.75, 3.05) is 6.54 Å². The topological polar surface area (TPSA) is 46.3 Å². The molecule has 1 amide bonds. The number of carbonyl (C=O) groups is 1. The first-order valence-corrected chi connectivity index (χ1v) is 6.38. The summed E-state index contributed by atoms with van der Waals surface area (Å²) in [5, 5.41) is 0. The van der Waals surface area contributed by atoms with Crippen LogP contribution < -0.4 is 5.73 Å². The van der Waals surface area contributed by atoms with Gasteiger partial charge in [-0.1, -0.05) is 12.1 Å². The molecule has 1 saturated carbocycles. The molecule has 4 heteroatoms. The summed E-state index contributed by atoms with van der Waals surface area (Å²) >= 11 is 0. The molecule has 98 valence electrons. The summed E-state index contributed by atoms with van der Waals surface area (Å²) in [5.74, 6) is -0.238. The van der Waals surface area contributed by atoms with E-state index in [1.807, 2.05) is 11.0 Å². The van der Waals surface area contributed by atoms with Gasteiger partial charge in [0.05, 0.1) is 6.04 Å². The van der Waals surface area contributed by atoms with Crippen LogP contribution in [0.4, 0.5) is 4.39 Å². The highest BCUT2D eigenvalue weighted by Crippen LogP contribution is 2.27. The van der Waals surface area contributed by atoms with E-state index in [9.17, 15) is 9.18 Å². The summed E-state index contributed by atoms with van der Waals surface area (Å²) in [6.45, 7) is 2.33. The van der Waals surface area contributed by atoms with Gasteiger partial charge >= 0.3 is 0 Å². The zero-order valence-electron chi connectivity index (χ0n) is 10.6. The average Bonchev–Trinajstić information content (AvgIpc) is 3.13. The van der Waals surface area contributed by atoms with Gasteiger partial charge in [0.15, 0.2) is 0 Å². The predicted molar refractivity (Wildman–Crippen MR) is 68.5 cm³/mol. The van der Waals surface area contributed by atoms with Crippen molar-refractivity contribution < 1.29 is 9.18 Å². The van der Waals surface area contributed by atoms with Gasteiger partial charge in [-0.15, -0.1) is 0 Å². The fourth-order valence-electron chi connectivity index (χ4n) is 2.06. The van der Waals surface area contributed by atoms with Crippen molar-refractivity contribution >= 4 is 5.91 Å². The van der Waals surface area contributed by atoms with Crippen molar-refractivity contribution in [3.63, 3.8) is 0 Å². The third kappa shape index (κ3) is 3.29. The summed E-state index contributed by atoms with van der Waals surface area (Å²) in [6, 6.07) is 6.40. The number of hydrogen-bond donors (Lipinski definition) is 1. The van der Waals surface area contributed by atoms with E-state index in [1.54, 1.807) is 13.0 Å². The Labute approximate surface area is 107 Å². The summed E-state index contributed by atoms with van der Waals surface area (Å²) in [5.41, 5.74) is 6.56. The molecule has 0 radical (unpaired) electrons. The number of rotatable bonds is 5. The van der Waals surface area contributed by atoms with Crippen LogP contribution in [0.5, 0.6) is 0 Å².